The van der Waals surface area contributed by atoms with Gasteiger partial charge in [-0.25, -0.2) is 0 Å². The third-order valence-electron chi connectivity index (χ3n) is 5.38. The van der Waals surface area contributed by atoms with Gasteiger partial charge in [-0.2, -0.15) is 0 Å². The van der Waals surface area contributed by atoms with Crippen molar-refractivity contribution in [3.05, 3.63) is 0 Å². The Hall–Kier alpha value is -0.0800. The Balaban J connectivity index is 3.01. The van der Waals surface area contributed by atoms with Gasteiger partial charge in [0.1, 0.15) is 0 Å². The van der Waals surface area contributed by atoms with Crippen LogP contribution in [0.25, 0.3) is 0 Å². The lowest BCUT2D eigenvalue weighted by molar-refractivity contribution is 0.0506. The number of hydrogen-bond donors (Lipinski definition) is 1. The van der Waals surface area contributed by atoms with Crippen molar-refractivity contribution >= 4 is 0 Å². The van der Waals surface area contributed by atoms with Crippen LogP contribution in [0.2, 0.25) is 0 Å². The summed E-state index contributed by atoms with van der Waals surface area (Å²) < 4.78 is 0. The first-order valence-corrected chi connectivity index (χ1v) is 8.53. The van der Waals surface area contributed by atoms with Crippen LogP contribution < -0.4 is 5.32 Å². The third kappa shape index (κ3) is 3.95. The zero-order chi connectivity index (χ0) is 14.3. The first kappa shape index (κ1) is 17.0. The molecule has 1 rings (SSSR count). The zero-order valence-corrected chi connectivity index (χ0v) is 14.0. The number of nitrogens with zero attached hydrogens (tertiary/aromatic N) is 1. The molecule has 0 aromatic heterocycles. The fourth-order valence-corrected chi connectivity index (χ4v) is 4.15. The van der Waals surface area contributed by atoms with Crippen LogP contribution in [-0.4, -0.2) is 37.1 Å². The summed E-state index contributed by atoms with van der Waals surface area (Å²) >= 11 is 0. The van der Waals surface area contributed by atoms with Crippen LogP contribution in [0.1, 0.15) is 72.1 Å². The molecule has 1 saturated carbocycles. The Labute approximate surface area is 121 Å². The molecule has 114 valence electrons. The second-order valence-corrected chi connectivity index (χ2v) is 6.52. The van der Waals surface area contributed by atoms with Crippen molar-refractivity contribution < 1.29 is 0 Å². The minimum atomic E-state index is 0.378. The molecular formula is C17H36N2. The van der Waals surface area contributed by atoms with Crippen molar-refractivity contribution in [2.24, 2.45) is 5.92 Å². The van der Waals surface area contributed by atoms with Gasteiger partial charge >= 0.3 is 0 Å². The number of rotatable bonds is 7. The van der Waals surface area contributed by atoms with E-state index in [9.17, 15) is 0 Å². The van der Waals surface area contributed by atoms with Gasteiger partial charge in [-0.05, 0) is 39.4 Å². The Morgan fingerprint density at radius 3 is 1.84 bits per heavy atom. The average Bonchev–Trinajstić information content (AvgIpc) is 2.65. The monoisotopic (exact) mass is 268 g/mol. The summed E-state index contributed by atoms with van der Waals surface area (Å²) in [7, 11) is 4.61. The summed E-state index contributed by atoms with van der Waals surface area (Å²) in [5.41, 5.74) is 0.378. The highest BCUT2D eigenvalue weighted by molar-refractivity contribution is 5.02. The van der Waals surface area contributed by atoms with Gasteiger partial charge in [0.2, 0.25) is 0 Å². The lowest BCUT2D eigenvalue weighted by Crippen LogP contribution is -2.61. The normalized spacial score (nSPS) is 21.6. The molecule has 0 aromatic rings. The van der Waals surface area contributed by atoms with Crippen molar-refractivity contribution in [3.8, 4) is 0 Å². The standard InChI is InChI=1S/C17H36N2/c1-6-15(7-2)16(18-8-3)17(19(4)5)13-11-9-10-12-14-17/h15-16,18H,6-14H2,1-5H3. The van der Waals surface area contributed by atoms with E-state index in [-0.39, 0.29) is 0 Å². The Morgan fingerprint density at radius 2 is 1.47 bits per heavy atom. The molecule has 0 saturated heterocycles. The molecule has 1 aliphatic rings. The van der Waals surface area contributed by atoms with Crippen molar-refractivity contribution in [1.29, 1.82) is 0 Å². The Kier molecular flexibility index (Phi) is 7.38. The Morgan fingerprint density at radius 1 is 0.947 bits per heavy atom. The van der Waals surface area contributed by atoms with Gasteiger partial charge in [-0.3, -0.25) is 0 Å². The van der Waals surface area contributed by atoms with E-state index in [4.69, 9.17) is 0 Å². The van der Waals surface area contributed by atoms with E-state index in [0.717, 1.165) is 12.5 Å². The van der Waals surface area contributed by atoms with E-state index in [0.29, 0.717) is 11.6 Å². The molecule has 1 aliphatic carbocycles. The van der Waals surface area contributed by atoms with E-state index in [1.165, 1.54) is 51.4 Å². The van der Waals surface area contributed by atoms with Crippen LogP contribution in [0.4, 0.5) is 0 Å². The first-order chi connectivity index (χ1) is 9.12. The third-order valence-corrected chi connectivity index (χ3v) is 5.38. The summed E-state index contributed by atoms with van der Waals surface area (Å²) in [4.78, 5) is 2.55. The highest BCUT2D eigenvalue weighted by atomic mass is 15.2. The molecule has 0 radical (unpaired) electrons. The van der Waals surface area contributed by atoms with Crippen LogP contribution in [-0.2, 0) is 0 Å². The van der Waals surface area contributed by atoms with Crippen LogP contribution >= 0.6 is 0 Å². The minimum Gasteiger partial charge on any atom is -0.312 e. The summed E-state index contributed by atoms with van der Waals surface area (Å²) in [6, 6.07) is 0.653. The molecule has 1 unspecified atom stereocenters. The van der Waals surface area contributed by atoms with E-state index >= 15 is 0 Å². The molecule has 19 heavy (non-hydrogen) atoms. The molecule has 0 aromatic carbocycles. The number of hydrogen-bond acceptors (Lipinski definition) is 2. The second-order valence-electron chi connectivity index (χ2n) is 6.52. The van der Waals surface area contributed by atoms with Crippen LogP contribution in [0.3, 0.4) is 0 Å². The molecule has 0 aliphatic heterocycles. The van der Waals surface area contributed by atoms with Gasteiger partial charge in [0.05, 0.1) is 0 Å². The molecule has 1 atom stereocenters. The smallest absolute Gasteiger partial charge is 0.0359 e. The maximum absolute atomic E-state index is 3.86. The SMILES string of the molecule is CCNC(C(CC)CC)C1(N(C)C)CCCCCC1. The Bertz CT molecular complexity index is 225. The van der Waals surface area contributed by atoms with E-state index in [2.05, 4.69) is 45.1 Å². The molecule has 0 heterocycles. The predicted molar refractivity (Wildman–Crippen MR) is 85.7 cm³/mol. The molecule has 0 amide bonds. The first-order valence-electron chi connectivity index (χ1n) is 8.53. The van der Waals surface area contributed by atoms with Crippen molar-refractivity contribution in [2.75, 3.05) is 20.6 Å². The van der Waals surface area contributed by atoms with Crippen molar-refractivity contribution in [2.45, 2.75) is 83.7 Å². The maximum Gasteiger partial charge on any atom is 0.0359 e. The van der Waals surface area contributed by atoms with Gasteiger partial charge in [0.15, 0.2) is 0 Å². The van der Waals surface area contributed by atoms with Gasteiger partial charge in [-0.15, -0.1) is 0 Å². The summed E-state index contributed by atoms with van der Waals surface area (Å²) in [6.45, 7) is 8.07. The van der Waals surface area contributed by atoms with Gasteiger partial charge in [0, 0.05) is 11.6 Å². The molecule has 0 spiro atoms. The van der Waals surface area contributed by atoms with E-state index < -0.39 is 0 Å². The highest BCUT2D eigenvalue weighted by Crippen LogP contribution is 2.38. The second kappa shape index (κ2) is 8.26. The quantitative estimate of drug-likeness (QED) is 0.701. The molecule has 1 fully saturated rings. The van der Waals surface area contributed by atoms with Crippen LogP contribution in [0, 0.1) is 5.92 Å². The minimum absolute atomic E-state index is 0.378. The van der Waals surface area contributed by atoms with Gasteiger partial charge in [0.25, 0.3) is 0 Å². The van der Waals surface area contributed by atoms with E-state index in [1.54, 1.807) is 0 Å². The van der Waals surface area contributed by atoms with Gasteiger partial charge in [-0.1, -0.05) is 59.3 Å². The molecule has 0 bridgehead atoms. The topological polar surface area (TPSA) is 15.3 Å². The van der Waals surface area contributed by atoms with Crippen LogP contribution in [0.5, 0.6) is 0 Å². The summed E-state index contributed by atoms with van der Waals surface area (Å²) in [5.74, 6) is 0.806. The average molecular weight is 268 g/mol. The maximum atomic E-state index is 3.86. The molecule has 2 heteroatoms. The zero-order valence-electron chi connectivity index (χ0n) is 14.0. The fraction of sp³-hybridized carbons (Fsp3) is 1.00. The molecule has 2 nitrogen and oxygen atoms in total. The highest BCUT2D eigenvalue weighted by Gasteiger charge is 2.43. The molecular weight excluding hydrogens is 232 g/mol. The number of likely N-dealkylation sites (N-methyl/N-ethyl adjacent to an activating group) is 2. The summed E-state index contributed by atoms with van der Waals surface area (Å²) in [5, 5.41) is 3.86. The van der Waals surface area contributed by atoms with Crippen LogP contribution in [0.15, 0.2) is 0 Å². The predicted octanol–water partition coefficient (Wildman–Crippen LogP) is 4.06. The lowest BCUT2D eigenvalue weighted by Gasteiger charge is -2.49. The lowest BCUT2D eigenvalue weighted by atomic mass is 9.73. The van der Waals surface area contributed by atoms with Crippen molar-refractivity contribution in [1.82, 2.24) is 10.2 Å². The fourth-order valence-electron chi connectivity index (χ4n) is 4.15. The van der Waals surface area contributed by atoms with Gasteiger partial charge < -0.3 is 10.2 Å². The van der Waals surface area contributed by atoms with E-state index in [1.807, 2.05) is 0 Å². The summed E-state index contributed by atoms with van der Waals surface area (Å²) in [6.07, 6.45) is 11.0. The largest absolute Gasteiger partial charge is 0.312 e. The number of nitrogens with one attached hydrogen (secondary N) is 1. The van der Waals surface area contributed by atoms with Crippen molar-refractivity contribution in [3.63, 3.8) is 0 Å². The molecule has 1 N–H and O–H groups in total.